The van der Waals surface area contributed by atoms with Crippen LogP contribution in [-0.4, -0.2) is 42.3 Å². The van der Waals surface area contributed by atoms with E-state index in [1.54, 1.807) is 13.8 Å². The average molecular weight is 466 g/mol. The van der Waals surface area contributed by atoms with E-state index in [2.05, 4.69) is 16.0 Å². The number of fused-ring (bicyclic) bond motifs is 2. The standard InChI is InChI=1S/C26H31N3O5/c1-17(2)22(29-26(33)34-16-19-8-4-3-5-9-19)24(31)28-21-15-20-11-6-10-18(14-20)12-7-13-27-25(32)23(21)30/h3-6,8-11,14,17,21-22H,7,12-13,15-16H2,1-2H3,(H,27,32)(H,28,31)(H,29,33). The average Bonchev–Trinajstić information content (AvgIpc) is 2.84. The lowest BCUT2D eigenvalue weighted by Crippen LogP contribution is -2.56. The summed E-state index contributed by atoms with van der Waals surface area (Å²) in [5.74, 6) is -2.27. The molecule has 3 N–H and O–H groups in total. The highest BCUT2D eigenvalue weighted by atomic mass is 16.5. The lowest BCUT2D eigenvalue weighted by molar-refractivity contribution is -0.140. The first kappa shape index (κ1) is 25.0. The molecule has 0 fully saturated rings. The minimum absolute atomic E-state index is 0.0662. The Bertz CT molecular complexity index is 1020. The molecule has 0 aromatic heterocycles. The molecular weight excluding hydrogens is 434 g/mol. The highest BCUT2D eigenvalue weighted by Gasteiger charge is 2.32. The van der Waals surface area contributed by atoms with Crippen molar-refractivity contribution in [1.29, 1.82) is 0 Å². The van der Waals surface area contributed by atoms with Gasteiger partial charge in [0.15, 0.2) is 0 Å². The van der Waals surface area contributed by atoms with Gasteiger partial charge in [0.05, 0.1) is 0 Å². The molecule has 8 heteroatoms. The fourth-order valence-electron chi connectivity index (χ4n) is 3.79. The smallest absolute Gasteiger partial charge is 0.408 e. The van der Waals surface area contributed by atoms with Gasteiger partial charge in [-0.3, -0.25) is 14.4 Å². The Morgan fingerprint density at radius 1 is 1.06 bits per heavy atom. The Labute approximate surface area is 199 Å². The molecule has 2 aromatic rings. The van der Waals surface area contributed by atoms with Crippen LogP contribution in [0.3, 0.4) is 0 Å². The topological polar surface area (TPSA) is 114 Å². The molecule has 2 unspecified atom stereocenters. The zero-order chi connectivity index (χ0) is 24.5. The number of ketones is 1. The largest absolute Gasteiger partial charge is 0.445 e. The van der Waals surface area contributed by atoms with Crippen LogP contribution in [0.2, 0.25) is 0 Å². The van der Waals surface area contributed by atoms with E-state index in [4.69, 9.17) is 4.74 Å². The third-order valence-corrected chi connectivity index (χ3v) is 5.65. The quantitative estimate of drug-likeness (QED) is 0.567. The first-order chi connectivity index (χ1) is 16.3. The number of alkyl carbamates (subject to hydrolysis) is 1. The first-order valence-electron chi connectivity index (χ1n) is 11.5. The molecule has 34 heavy (non-hydrogen) atoms. The molecule has 8 nitrogen and oxygen atoms in total. The highest BCUT2D eigenvalue weighted by molar-refractivity contribution is 6.38. The van der Waals surface area contributed by atoms with Crippen molar-refractivity contribution in [3.63, 3.8) is 0 Å². The van der Waals surface area contributed by atoms with Gasteiger partial charge in [0, 0.05) is 13.0 Å². The molecule has 2 aromatic carbocycles. The monoisotopic (exact) mass is 465 g/mol. The summed E-state index contributed by atoms with van der Waals surface area (Å²) in [7, 11) is 0. The predicted octanol–water partition coefficient (Wildman–Crippen LogP) is 2.30. The van der Waals surface area contributed by atoms with Crippen LogP contribution < -0.4 is 16.0 Å². The van der Waals surface area contributed by atoms with E-state index >= 15 is 0 Å². The molecule has 0 aliphatic carbocycles. The number of amides is 3. The van der Waals surface area contributed by atoms with E-state index in [1.165, 1.54) is 0 Å². The van der Waals surface area contributed by atoms with Gasteiger partial charge in [0.25, 0.3) is 5.91 Å². The van der Waals surface area contributed by atoms with E-state index in [-0.39, 0.29) is 18.9 Å². The zero-order valence-corrected chi connectivity index (χ0v) is 19.5. The van der Waals surface area contributed by atoms with Gasteiger partial charge in [-0.2, -0.15) is 0 Å². The Morgan fingerprint density at radius 3 is 2.53 bits per heavy atom. The van der Waals surface area contributed by atoms with Gasteiger partial charge < -0.3 is 20.7 Å². The van der Waals surface area contributed by atoms with Gasteiger partial charge in [-0.1, -0.05) is 68.4 Å². The normalized spacial score (nSPS) is 17.2. The Morgan fingerprint density at radius 2 is 1.79 bits per heavy atom. The van der Waals surface area contributed by atoms with E-state index in [0.29, 0.717) is 13.0 Å². The van der Waals surface area contributed by atoms with Crippen LogP contribution in [0.15, 0.2) is 54.6 Å². The first-order valence-corrected chi connectivity index (χ1v) is 11.5. The number of carbonyl (C=O) groups excluding carboxylic acids is 4. The number of aryl methyl sites for hydroxylation is 1. The van der Waals surface area contributed by atoms with Gasteiger partial charge in [0.1, 0.15) is 18.7 Å². The van der Waals surface area contributed by atoms with Gasteiger partial charge in [-0.25, -0.2) is 4.79 Å². The number of ether oxygens (including phenoxy) is 1. The molecule has 0 saturated carbocycles. The van der Waals surface area contributed by atoms with Gasteiger partial charge in [-0.05, 0) is 35.4 Å². The van der Waals surface area contributed by atoms with Crippen molar-refractivity contribution in [2.75, 3.05) is 6.54 Å². The van der Waals surface area contributed by atoms with Crippen LogP contribution in [-0.2, 0) is 38.6 Å². The van der Waals surface area contributed by atoms with E-state index in [0.717, 1.165) is 23.1 Å². The minimum Gasteiger partial charge on any atom is -0.445 e. The Balaban J connectivity index is 1.69. The maximum atomic E-state index is 13.1. The summed E-state index contributed by atoms with van der Waals surface area (Å²) in [6.07, 6.45) is 0.930. The van der Waals surface area contributed by atoms with Crippen LogP contribution in [0.25, 0.3) is 0 Å². The van der Waals surface area contributed by atoms with E-state index in [9.17, 15) is 19.2 Å². The molecule has 0 saturated heterocycles. The van der Waals surface area contributed by atoms with Crippen molar-refractivity contribution in [2.45, 2.75) is 51.8 Å². The molecule has 3 amide bonds. The minimum atomic E-state index is -1.05. The summed E-state index contributed by atoms with van der Waals surface area (Å²) in [5, 5.41) is 7.90. The fourth-order valence-corrected chi connectivity index (χ4v) is 3.79. The van der Waals surface area contributed by atoms with Crippen molar-refractivity contribution in [2.24, 2.45) is 5.92 Å². The summed E-state index contributed by atoms with van der Waals surface area (Å²) in [6, 6.07) is 15.0. The van der Waals surface area contributed by atoms with Crippen molar-refractivity contribution >= 4 is 23.7 Å². The maximum absolute atomic E-state index is 13.1. The van der Waals surface area contributed by atoms with Gasteiger partial charge in [-0.15, -0.1) is 0 Å². The molecule has 1 heterocycles. The summed E-state index contributed by atoms with van der Waals surface area (Å²) in [6.45, 7) is 3.99. The second-order valence-electron chi connectivity index (χ2n) is 8.74. The van der Waals surface area contributed by atoms with E-state index < -0.39 is 35.8 Å². The third kappa shape index (κ3) is 7.16. The summed E-state index contributed by atoms with van der Waals surface area (Å²) >= 11 is 0. The van der Waals surface area contributed by atoms with Crippen molar-refractivity contribution in [1.82, 2.24) is 16.0 Å². The molecule has 3 rings (SSSR count). The number of carbonyl (C=O) groups is 4. The summed E-state index contributed by atoms with van der Waals surface area (Å²) in [4.78, 5) is 50.7. The molecule has 2 bridgehead atoms. The van der Waals surface area contributed by atoms with Crippen LogP contribution in [0.1, 0.15) is 37.0 Å². The van der Waals surface area contributed by atoms with Crippen LogP contribution in [0, 0.1) is 5.92 Å². The summed E-state index contributed by atoms with van der Waals surface area (Å²) < 4.78 is 5.24. The van der Waals surface area contributed by atoms with Gasteiger partial charge >= 0.3 is 6.09 Å². The Kier molecular flexibility index (Phi) is 8.79. The predicted molar refractivity (Wildman–Crippen MR) is 127 cm³/mol. The van der Waals surface area contributed by atoms with Crippen molar-refractivity contribution in [3.8, 4) is 0 Å². The SMILES string of the molecule is CC(C)C(NC(=O)OCc1ccccc1)C(=O)NC1Cc2cccc(c2)CCCNC(=O)C1=O. The molecule has 0 spiro atoms. The lowest BCUT2D eigenvalue weighted by atomic mass is 9.98. The second-order valence-corrected chi connectivity index (χ2v) is 8.74. The third-order valence-electron chi connectivity index (χ3n) is 5.65. The van der Waals surface area contributed by atoms with E-state index in [1.807, 2.05) is 54.6 Å². The Hall–Kier alpha value is -3.68. The number of rotatable bonds is 6. The number of benzene rings is 2. The fraction of sp³-hybridized carbons (Fsp3) is 0.385. The lowest BCUT2D eigenvalue weighted by Gasteiger charge is -2.24. The molecule has 1 aliphatic rings. The van der Waals surface area contributed by atoms with Crippen LogP contribution in [0.5, 0.6) is 0 Å². The number of Topliss-reactive ketones (excluding diaryl/α,β-unsaturated/α-hetero) is 1. The molecular formula is C26H31N3O5. The maximum Gasteiger partial charge on any atom is 0.408 e. The van der Waals surface area contributed by atoms with Crippen molar-refractivity contribution < 1.29 is 23.9 Å². The number of hydrogen-bond donors (Lipinski definition) is 3. The van der Waals surface area contributed by atoms with Crippen LogP contribution >= 0.6 is 0 Å². The number of hydrogen-bond acceptors (Lipinski definition) is 5. The molecule has 0 radical (unpaired) electrons. The highest BCUT2D eigenvalue weighted by Crippen LogP contribution is 2.13. The molecule has 1 aliphatic heterocycles. The number of nitrogens with one attached hydrogen (secondary N) is 3. The van der Waals surface area contributed by atoms with Crippen molar-refractivity contribution in [3.05, 3.63) is 71.3 Å². The second kappa shape index (κ2) is 12.0. The molecule has 2 atom stereocenters. The summed E-state index contributed by atoms with van der Waals surface area (Å²) in [5.41, 5.74) is 2.77. The van der Waals surface area contributed by atoms with Crippen LogP contribution in [0.4, 0.5) is 4.79 Å². The zero-order valence-electron chi connectivity index (χ0n) is 19.5. The molecule has 180 valence electrons. The van der Waals surface area contributed by atoms with Gasteiger partial charge in [0.2, 0.25) is 11.7 Å².